The Morgan fingerprint density at radius 3 is 2.00 bits per heavy atom. The summed E-state index contributed by atoms with van der Waals surface area (Å²) in [7, 11) is 0. The van der Waals surface area contributed by atoms with Gasteiger partial charge in [-0.3, -0.25) is 0 Å². The van der Waals surface area contributed by atoms with Crippen molar-refractivity contribution in [1.29, 1.82) is 0 Å². The summed E-state index contributed by atoms with van der Waals surface area (Å²) in [5, 5.41) is 3.63. The summed E-state index contributed by atoms with van der Waals surface area (Å²) in [5.41, 5.74) is 3.08. The van der Waals surface area contributed by atoms with Crippen molar-refractivity contribution in [1.82, 2.24) is 5.32 Å². The van der Waals surface area contributed by atoms with Crippen molar-refractivity contribution in [3.05, 3.63) is 35.4 Å². The second kappa shape index (κ2) is 7.69. The second-order valence-corrected chi connectivity index (χ2v) is 9.68. The Bertz CT molecular complexity index is 409. The van der Waals surface area contributed by atoms with Gasteiger partial charge in [0.15, 0.2) is 0 Å². The minimum Gasteiger partial charge on any atom is -0.313 e. The van der Waals surface area contributed by atoms with Gasteiger partial charge in [0.25, 0.3) is 0 Å². The highest BCUT2D eigenvalue weighted by Crippen LogP contribution is 2.25. The van der Waals surface area contributed by atoms with E-state index in [1.54, 1.807) is 0 Å². The highest BCUT2D eigenvalue weighted by molar-refractivity contribution is 8.00. The van der Waals surface area contributed by atoms with Crippen molar-refractivity contribution in [2.45, 2.75) is 71.1 Å². The third-order valence-corrected chi connectivity index (χ3v) is 4.95. The Kier molecular flexibility index (Phi) is 6.80. The number of nitrogens with one attached hydrogen (secondary N) is 1. The van der Waals surface area contributed by atoms with Crippen LogP contribution in [0.5, 0.6) is 0 Å². The van der Waals surface area contributed by atoms with Crippen molar-refractivity contribution in [3.63, 3.8) is 0 Å². The molecule has 0 fully saturated rings. The average molecular weight is 308 g/mol. The molecule has 0 spiro atoms. The maximum atomic E-state index is 3.63. The molecule has 1 rings (SSSR count). The predicted octanol–water partition coefficient (Wildman–Crippen LogP) is 5.04. The zero-order chi connectivity index (χ0) is 16.1. The van der Waals surface area contributed by atoms with Gasteiger partial charge in [-0.2, -0.15) is 11.8 Å². The largest absolute Gasteiger partial charge is 0.313 e. The molecule has 0 aromatic heterocycles. The van der Waals surface area contributed by atoms with Gasteiger partial charge in [-0.25, -0.2) is 0 Å². The molecule has 0 aliphatic rings. The van der Waals surface area contributed by atoms with Gasteiger partial charge in [0.2, 0.25) is 0 Å². The molecule has 1 nitrogen and oxygen atoms in total. The van der Waals surface area contributed by atoms with Crippen LogP contribution < -0.4 is 5.32 Å². The first-order valence-electron chi connectivity index (χ1n) is 8.08. The summed E-state index contributed by atoms with van der Waals surface area (Å²) >= 11 is 2.05. The lowest BCUT2D eigenvalue weighted by Gasteiger charge is -2.24. The van der Waals surface area contributed by atoms with E-state index in [-0.39, 0.29) is 5.41 Å². The van der Waals surface area contributed by atoms with Gasteiger partial charge in [-0.05, 0) is 29.5 Å². The smallest absolute Gasteiger partial charge is 0.0198 e. The number of thioether (sulfide) groups is 1. The third-order valence-electron chi connectivity index (χ3n) is 3.51. The summed E-state index contributed by atoms with van der Waals surface area (Å²) in [6.07, 6.45) is 1.11. The molecule has 21 heavy (non-hydrogen) atoms. The molecular weight excluding hydrogens is 274 g/mol. The fraction of sp³-hybridized carbons (Fsp3) is 0.684. The Hall–Kier alpha value is -0.470. The maximum absolute atomic E-state index is 3.63. The van der Waals surface area contributed by atoms with Gasteiger partial charge < -0.3 is 5.32 Å². The summed E-state index contributed by atoms with van der Waals surface area (Å²) in [4.78, 5) is 0. The molecule has 0 bridgehead atoms. The molecule has 120 valence electrons. The van der Waals surface area contributed by atoms with Crippen molar-refractivity contribution in [2.24, 2.45) is 0 Å². The van der Waals surface area contributed by atoms with E-state index < -0.39 is 0 Å². The minimum atomic E-state index is 0.238. The molecule has 0 aliphatic heterocycles. The third kappa shape index (κ3) is 7.37. The van der Waals surface area contributed by atoms with Gasteiger partial charge in [0.05, 0.1) is 0 Å². The Balaban J connectivity index is 2.66. The van der Waals surface area contributed by atoms with Crippen LogP contribution in [0.1, 0.15) is 59.6 Å². The van der Waals surface area contributed by atoms with Crippen LogP contribution >= 0.6 is 11.8 Å². The van der Waals surface area contributed by atoms with Crippen LogP contribution in [0.4, 0.5) is 0 Å². The first kappa shape index (κ1) is 18.6. The molecule has 1 unspecified atom stereocenters. The topological polar surface area (TPSA) is 12.0 Å². The summed E-state index contributed by atoms with van der Waals surface area (Å²) in [6.45, 7) is 16.9. The van der Waals surface area contributed by atoms with E-state index in [9.17, 15) is 0 Å². The van der Waals surface area contributed by atoms with Crippen LogP contribution in [0.15, 0.2) is 24.3 Å². The quantitative estimate of drug-likeness (QED) is 0.790. The zero-order valence-electron chi connectivity index (χ0n) is 14.9. The number of likely N-dealkylation sites (N-methyl/N-ethyl adjacent to an activating group) is 1. The van der Waals surface area contributed by atoms with Gasteiger partial charge in [-0.1, -0.05) is 72.7 Å². The van der Waals surface area contributed by atoms with Crippen molar-refractivity contribution >= 4 is 11.8 Å². The fourth-order valence-corrected chi connectivity index (χ4v) is 3.19. The van der Waals surface area contributed by atoms with Crippen molar-refractivity contribution < 1.29 is 0 Å². The van der Waals surface area contributed by atoms with Gasteiger partial charge in [0.1, 0.15) is 0 Å². The van der Waals surface area contributed by atoms with Crippen LogP contribution in [-0.4, -0.2) is 23.1 Å². The summed E-state index contributed by atoms with van der Waals surface area (Å²) in [5.74, 6) is 1.17. The van der Waals surface area contributed by atoms with E-state index in [1.807, 2.05) is 11.8 Å². The minimum absolute atomic E-state index is 0.238. The number of rotatable bonds is 6. The van der Waals surface area contributed by atoms with E-state index in [2.05, 4.69) is 78.0 Å². The van der Waals surface area contributed by atoms with Crippen molar-refractivity contribution in [2.75, 3.05) is 12.3 Å². The van der Waals surface area contributed by atoms with Crippen molar-refractivity contribution in [3.8, 4) is 0 Å². The lowest BCUT2D eigenvalue weighted by Crippen LogP contribution is -2.34. The normalized spacial score (nSPS) is 14.2. The van der Waals surface area contributed by atoms with E-state index in [4.69, 9.17) is 0 Å². The summed E-state index contributed by atoms with van der Waals surface area (Å²) in [6, 6.07) is 9.73. The molecule has 0 radical (unpaired) electrons. The number of hydrogen-bond acceptors (Lipinski definition) is 2. The molecule has 0 aliphatic carbocycles. The van der Waals surface area contributed by atoms with Crippen LogP contribution in [0.3, 0.4) is 0 Å². The number of hydrogen-bond donors (Lipinski definition) is 1. The van der Waals surface area contributed by atoms with Crippen LogP contribution in [0.2, 0.25) is 0 Å². The van der Waals surface area contributed by atoms with E-state index in [0.717, 1.165) is 13.0 Å². The molecule has 0 heterocycles. The SMILES string of the molecule is CCNC(CSC(C)(C)C)Cc1ccc(C(C)(C)C)cc1. The Morgan fingerprint density at radius 2 is 1.57 bits per heavy atom. The molecular formula is C19H33NS. The second-order valence-electron chi connectivity index (χ2n) is 7.83. The Labute approximate surface area is 136 Å². The van der Waals surface area contributed by atoms with Gasteiger partial charge in [0, 0.05) is 16.5 Å². The monoisotopic (exact) mass is 307 g/mol. The first-order chi connectivity index (χ1) is 9.62. The van der Waals surface area contributed by atoms with Crippen LogP contribution in [0, 0.1) is 0 Å². The lowest BCUT2D eigenvalue weighted by atomic mass is 9.86. The lowest BCUT2D eigenvalue weighted by molar-refractivity contribution is 0.568. The highest BCUT2D eigenvalue weighted by Gasteiger charge is 2.17. The van der Waals surface area contributed by atoms with E-state index in [1.165, 1.54) is 16.9 Å². The average Bonchev–Trinajstić information content (AvgIpc) is 2.35. The molecule has 1 N–H and O–H groups in total. The molecule has 1 aromatic rings. The van der Waals surface area contributed by atoms with Gasteiger partial charge >= 0.3 is 0 Å². The molecule has 0 saturated carbocycles. The van der Waals surface area contributed by atoms with Gasteiger partial charge in [-0.15, -0.1) is 0 Å². The Morgan fingerprint density at radius 1 is 1.00 bits per heavy atom. The van der Waals surface area contributed by atoms with Crippen LogP contribution in [0.25, 0.3) is 0 Å². The zero-order valence-corrected chi connectivity index (χ0v) is 15.7. The van der Waals surface area contributed by atoms with E-state index >= 15 is 0 Å². The fourth-order valence-electron chi connectivity index (χ4n) is 2.25. The standard InChI is InChI=1S/C19H33NS/c1-8-20-17(14-21-19(5,6)7)13-15-9-11-16(12-10-15)18(2,3)4/h9-12,17,20H,8,13-14H2,1-7H3. The number of benzene rings is 1. The van der Waals surface area contributed by atoms with E-state index in [0.29, 0.717) is 10.8 Å². The highest BCUT2D eigenvalue weighted by atomic mass is 32.2. The summed E-state index contributed by atoms with van der Waals surface area (Å²) < 4.78 is 0.337. The molecule has 2 heteroatoms. The molecule has 0 amide bonds. The first-order valence-corrected chi connectivity index (χ1v) is 9.07. The van der Waals surface area contributed by atoms with Crippen LogP contribution in [-0.2, 0) is 11.8 Å². The molecule has 1 aromatic carbocycles. The molecule has 1 atom stereocenters. The maximum Gasteiger partial charge on any atom is 0.0198 e. The predicted molar refractivity (Wildman–Crippen MR) is 98.5 cm³/mol. The molecule has 0 saturated heterocycles.